The molecular formula is C28H35NO8. The van der Waals surface area contributed by atoms with Crippen molar-refractivity contribution in [3.05, 3.63) is 59.7 Å². The summed E-state index contributed by atoms with van der Waals surface area (Å²) in [5.74, 6) is -1.18. The molecule has 0 aromatic heterocycles. The fourth-order valence-corrected chi connectivity index (χ4v) is 4.17. The van der Waals surface area contributed by atoms with Crippen molar-refractivity contribution in [2.24, 2.45) is 0 Å². The quantitative estimate of drug-likeness (QED) is 0.239. The van der Waals surface area contributed by atoms with E-state index in [0.717, 1.165) is 0 Å². The summed E-state index contributed by atoms with van der Waals surface area (Å²) >= 11 is 0. The summed E-state index contributed by atoms with van der Waals surface area (Å²) < 4.78 is 21.3. The van der Waals surface area contributed by atoms with Gasteiger partial charge in [-0.3, -0.25) is 9.59 Å². The molecule has 0 atom stereocenters. The van der Waals surface area contributed by atoms with E-state index in [1.807, 2.05) is 24.3 Å². The fourth-order valence-electron chi connectivity index (χ4n) is 4.17. The Kier molecular flexibility index (Phi) is 11.9. The van der Waals surface area contributed by atoms with Crippen molar-refractivity contribution in [3.63, 3.8) is 0 Å². The van der Waals surface area contributed by atoms with E-state index >= 15 is 0 Å². The first-order chi connectivity index (χ1) is 18.1. The Bertz CT molecular complexity index is 979. The highest BCUT2D eigenvalue weighted by Crippen LogP contribution is 2.44. The van der Waals surface area contributed by atoms with Gasteiger partial charge in [-0.25, -0.2) is 4.79 Å². The molecule has 200 valence electrons. The second kappa shape index (κ2) is 15.6. The van der Waals surface area contributed by atoms with Crippen molar-refractivity contribution in [2.45, 2.75) is 38.0 Å². The van der Waals surface area contributed by atoms with Gasteiger partial charge in [0.05, 0.1) is 19.8 Å². The number of carbonyl (C=O) groups is 3. The number of alkyl carbamates (subject to hydrolysis) is 1. The van der Waals surface area contributed by atoms with Crippen LogP contribution in [0.4, 0.5) is 4.79 Å². The number of fused-ring (bicyclic) bond motifs is 3. The van der Waals surface area contributed by atoms with Gasteiger partial charge in [-0.1, -0.05) is 48.5 Å². The van der Waals surface area contributed by atoms with Crippen molar-refractivity contribution in [1.82, 2.24) is 5.32 Å². The van der Waals surface area contributed by atoms with E-state index in [-0.39, 0.29) is 44.5 Å². The first-order valence-corrected chi connectivity index (χ1v) is 12.7. The minimum atomic E-state index is -0.865. The molecule has 1 aliphatic carbocycles. The van der Waals surface area contributed by atoms with Gasteiger partial charge in [-0.15, -0.1) is 0 Å². The number of aliphatic carboxylic acids is 1. The van der Waals surface area contributed by atoms with Crippen LogP contribution in [0.1, 0.15) is 49.1 Å². The number of esters is 1. The van der Waals surface area contributed by atoms with Crippen LogP contribution < -0.4 is 5.32 Å². The van der Waals surface area contributed by atoms with Crippen molar-refractivity contribution in [2.75, 3.05) is 46.2 Å². The second-order valence-corrected chi connectivity index (χ2v) is 8.65. The van der Waals surface area contributed by atoms with Gasteiger partial charge in [0.1, 0.15) is 13.2 Å². The molecule has 0 fully saturated rings. The first kappa shape index (κ1) is 28.1. The first-order valence-electron chi connectivity index (χ1n) is 12.7. The number of carbonyl (C=O) groups excluding carboxylic acids is 2. The Morgan fingerprint density at radius 2 is 1.32 bits per heavy atom. The Morgan fingerprint density at radius 3 is 2.00 bits per heavy atom. The van der Waals surface area contributed by atoms with E-state index in [4.69, 9.17) is 24.1 Å². The van der Waals surface area contributed by atoms with Crippen molar-refractivity contribution in [1.29, 1.82) is 0 Å². The van der Waals surface area contributed by atoms with E-state index in [1.54, 1.807) is 0 Å². The maximum Gasteiger partial charge on any atom is 0.407 e. The summed E-state index contributed by atoms with van der Waals surface area (Å²) in [4.78, 5) is 34.0. The molecule has 1 amide bonds. The van der Waals surface area contributed by atoms with E-state index in [0.29, 0.717) is 45.6 Å². The standard InChI is InChI=1S/C28H35NO8/c30-26(31)12-5-6-13-27(32)36-19-18-35-17-16-34-15-7-14-29-28(33)37-20-25-23-10-3-1-8-21(23)22-9-2-4-11-24(22)25/h1-4,8-11,25H,5-7,12-20H2,(H,29,33)(H,30,31). The van der Waals surface area contributed by atoms with Crippen LogP contribution >= 0.6 is 0 Å². The van der Waals surface area contributed by atoms with Crippen LogP contribution in [-0.2, 0) is 28.5 Å². The molecule has 2 aromatic carbocycles. The molecule has 0 saturated heterocycles. The SMILES string of the molecule is O=C(O)CCCCC(=O)OCCOCCOCCCNC(=O)OCC1c2ccccc2-c2ccccc21. The van der Waals surface area contributed by atoms with Crippen molar-refractivity contribution >= 4 is 18.0 Å². The van der Waals surface area contributed by atoms with E-state index in [9.17, 15) is 14.4 Å². The van der Waals surface area contributed by atoms with Crippen LogP contribution in [-0.4, -0.2) is 69.3 Å². The van der Waals surface area contributed by atoms with E-state index < -0.39 is 12.1 Å². The molecule has 9 nitrogen and oxygen atoms in total. The van der Waals surface area contributed by atoms with Gasteiger partial charge in [-0.2, -0.15) is 0 Å². The lowest BCUT2D eigenvalue weighted by atomic mass is 9.98. The van der Waals surface area contributed by atoms with Crippen LogP contribution in [0.25, 0.3) is 11.1 Å². The highest BCUT2D eigenvalue weighted by atomic mass is 16.6. The summed E-state index contributed by atoms with van der Waals surface area (Å²) in [5, 5.41) is 11.3. The highest BCUT2D eigenvalue weighted by molar-refractivity contribution is 5.79. The van der Waals surface area contributed by atoms with Gasteiger partial charge in [-0.05, 0) is 41.5 Å². The third-order valence-corrected chi connectivity index (χ3v) is 5.96. The Morgan fingerprint density at radius 1 is 0.730 bits per heavy atom. The third kappa shape index (κ3) is 9.51. The summed E-state index contributed by atoms with van der Waals surface area (Å²) in [5.41, 5.74) is 4.75. The van der Waals surface area contributed by atoms with Crippen molar-refractivity contribution in [3.8, 4) is 11.1 Å². The predicted molar refractivity (Wildman–Crippen MR) is 136 cm³/mol. The average molecular weight is 514 g/mol. The van der Waals surface area contributed by atoms with Gasteiger partial charge >= 0.3 is 18.0 Å². The number of benzene rings is 2. The number of hydrogen-bond acceptors (Lipinski definition) is 7. The Hall–Kier alpha value is -3.43. The molecule has 0 aliphatic heterocycles. The Balaban J connectivity index is 1.16. The number of amides is 1. The minimum Gasteiger partial charge on any atom is -0.481 e. The van der Waals surface area contributed by atoms with Gasteiger partial charge in [0, 0.05) is 31.9 Å². The monoisotopic (exact) mass is 513 g/mol. The predicted octanol–water partition coefficient (Wildman–Crippen LogP) is 4.14. The fraction of sp³-hybridized carbons (Fsp3) is 0.464. The molecule has 0 saturated carbocycles. The zero-order chi connectivity index (χ0) is 26.3. The number of rotatable bonds is 17. The highest BCUT2D eigenvalue weighted by Gasteiger charge is 2.28. The van der Waals surface area contributed by atoms with E-state index in [2.05, 4.69) is 29.6 Å². The lowest BCUT2D eigenvalue weighted by molar-refractivity contribution is -0.146. The number of carboxylic acids is 1. The molecule has 2 aromatic rings. The number of carboxylic acid groups (broad SMARTS) is 1. The maximum absolute atomic E-state index is 12.2. The largest absolute Gasteiger partial charge is 0.481 e. The van der Waals surface area contributed by atoms with Crippen LogP contribution in [0.3, 0.4) is 0 Å². The van der Waals surface area contributed by atoms with Gasteiger partial charge in [0.2, 0.25) is 0 Å². The van der Waals surface area contributed by atoms with Gasteiger partial charge in [0.15, 0.2) is 0 Å². The molecule has 9 heteroatoms. The van der Waals surface area contributed by atoms with Gasteiger partial charge < -0.3 is 29.4 Å². The molecule has 37 heavy (non-hydrogen) atoms. The Labute approximate surface area is 217 Å². The molecule has 2 N–H and O–H groups in total. The number of nitrogens with one attached hydrogen (secondary N) is 1. The molecular weight excluding hydrogens is 478 g/mol. The summed E-state index contributed by atoms with van der Waals surface area (Å²) in [6.45, 7) is 2.39. The normalized spacial score (nSPS) is 12.0. The van der Waals surface area contributed by atoms with Crippen LogP contribution in [0.15, 0.2) is 48.5 Å². The molecule has 0 radical (unpaired) electrons. The third-order valence-electron chi connectivity index (χ3n) is 5.96. The maximum atomic E-state index is 12.2. The average Bonchev–Trinajstić information content (AvgIpc) is 3.22. The van der Waals surface area contributed by atoms with Crippen LogP contribution in [0.5, 0.6) is 0 Å². The number of hydrogen-bond donors (Lipinski definition) is 2. The smallest absolute Gasteiger partial charge is 0.407 e. The van der Waals surface area contributed by atoms with E-state index in [1.165, 1.54) is 22.3 Å². The minimum absolute atomic E-state index is 0.0359. The molecule has 3 rings (SSSR count). The molecule has 0 bridgehead atoms. The zero-order valence-corrected chi connectivity index (χ0v) is 21.0. The number of ether oxygens (including phenoxy) is 4. The second-order valence-electron chi connectivity index (χ2n) is 8.65. The van der Waals surface area contributed by atoms with Crippen LogP contribution in [0.2, 0.25) is 0 Å². The molecule has 0 spiro atoms. The zero-order valence-electron chi connectivity index (χ0n) is 21.0. The molecule has 0 heterocycles. The lowest BCUT2D eigenvalue weighted by Gasteiger charge is -2.14. The van der Waals surface area contributed by atoms with Crippen molar-refractivity contribution < 1.29 is 38.4 Å². The summed E-state index contributed by atoms with van der Waals surface area (Å²) in [6, 6.07) is 16.4. The van der Waals surface area contributed by atoms with Gasteiger partial charge in [0.25, 0.3) is 0 Å². The summed E-state index contributed by atoms with van der Waals surface area (Å²) in [6.07, 6.45) is 1.42. The summed E-state index contributed by atoms with van der Waals surface area (Å²) in [7, 11) is 0. The molecule has 0 unspecified atom stereocenters. The molecule has 1 aliphatic rings. The lowest BCUT2D eigenvalue weighted by Crippen LogP contribution is -2.27. The van der Waals surface area contributed by atoms with Crippen LogP contribution in [0, 0.1) is 0 Å². The topological polar surface area (TPSA) is 120 Å². The number of unbranched alkanes of at least 4 members (excludes halogenated alkanes) is 1.